The van der Waals surface area contributed by atoms with Gasteiger partial charge in [-0.2, -0.15) is 13.9 Å². The first kappa shape index (κ1) is 15.9. The number of rotatable bonds is 5. The average Bonchev–Trinajstić information content (AvgIpc) is 2.49. The van der Waals surface area contributed by atoms with Gasteiger partial charge in [0.2, 0.25) is 0 Å². The zero-order chi connectivity index (χ0) is 15.9. The molecule has 0 radical (unpaired) electrons. The van der Waals surface area contributed by atoms with Gasteiger partial charge in [-0.1, -0.05) is 23.7 Å². The van der Waals surface area contributed by atoms with Crippen LogP contribution in [0.2, 0.25) is 5.02 Å². The normalized spacial score (nSPS) is 10.9. The van der Waals surface area contributed by atoms with Gasteiger partial charge in [-0.15, -0.1) is 0 Å². The molecular formula is C15H11ClF2N2O2. The third-order valence-electron chi connectivity index (χ3n) is 2.60. The number of hydrogen-bond donors (Lipinski definition) is 1. The summed E-state index contributed by atoms with van der Waals surface area (Å²) in [4.78, 5) is 11.8. The fraction of sp³-hybridized carbons (Fsp3) is 0.0667. The van der Waals surface area contributed by atoms with Crippen molar-refractivity contribution in [2.24, 2.45) is 5.10 Å². The van der Waals surface area contributed by atoms with E-state index in [1.807, 2.05) is 0 Å². The standard InChI is InChI=1S/C15H11ClF2N2O2/c16-13-4-2-1-3-12(13)14(21)20-19-9-10-5-7-11(8-6-10)22-15(17)18/h1-9,15H,(H,20,21)/b19-9-. The number of hydrazone groups is 1. The molecule has 7 heteroatoms. The third kappa shape index (κ3) is 4.53. The number of alkyl halides is 2. The first-order valence-corrected chi connectivity index (χ1v) is 6.57. The van der Waals surface area contributed by atoms with Gasteiger partial charge >= 0.3 is 6.61 Å². The Morgan fingerprint density at radius 1 is 1.18 bits per heavy atom. The van der Waals surface area contributed by atoms with Crippen molar-refractivity contribution in [3.8, 4) is 5.75 Å². The highest BCUT2D eigenvalue weighted by Crippen LogP contribution is 2.15. The smallest absolute Gasteiger partial charge is 0.387 e. The summed E-state index contributed by atoms with van der Waals surface area (Å²) in [5.41, 5.74) is 3.25. The minimum atomic E-state index is -2.87. The average molecular weight is 325 g/mol. The number of hydrogen-bond acceptors (Lipinski definition) is 3. The molecule has 22 heavy (non-hydrogen) atoms. The molecule has 0 spiro atoms. The molecule has 0 aliphatic rings. The minimum Gasteiger partial charge on any atom is -0.435 e. The summed E-state index contributed by atoms with van der Waals surface area (Å²) in [6.07, 6.45) is 1.38. The van der Waals surface area contributed by atoms with E-state index in [0.717, 1.165) is 0 Å². The molecule has 2 aromatic rings. The number of halogens is 3. The molecule has 0 fully saturated rings. The predicted molar refractivity (Wildman–Crippen MR) is 79.6 cm³/mol. The van der Waals surface area contributed by atoms with Gasteiger partial charge in [0.05, 0.1) is 16.8 Å². The first-order chi connectivity index (χ1) is 10.6. The molecule has 2 aromatic carbocycles. The van der Waals surface area contributed by atoms with Gasteiger partial charge in [-0.05, 0) is 42.0 Å². The molecule has 0 aromatic heterocycles. The van der Waals surface area contributed by atoms with Crippen LogP contribution in [0.1, 0.15) is 15.9 Å². The van der Waals surface area contributed by atoms with Gasteiger partial charge in [0.25, 0.3) is 5.91 Å². The van der Waals surface area contributed by atoms with Crippen LogP contribution < -0.4 is 10.2 Å². The van der Waals surface area contributed by atoms with Crippen LogP contribution >= 0.6 is 11.6 Å². The molecule has 0 unspecified atom stereocenters. The van der Waals surface area contributed by atoms with Crippen molar-refractivity contribution in [3.63, 3.8) is 0 Å². The fourth-order valence-electron chi connectivity index (χ4n) is 1.61. The van der Waals surface area contributed by atoms with Gasteiger partial charge in [0.1, 0.15) is 5.75 Å². The van der Waals surface area contributed by atoms with Crippen molar-refractivity contribution in [2.45, 2.75) is 6.61 Å². The van der Waals surface area contributed by atoms with Crippen molar-refractivity contribution >= 4 is 23.7 Å². The Balaban J connectivity index is 1.95. The highest BCUT2D eigenvalue weighted by molar-refractivity contribution is 6.33. The molecular weight excluding hydrogens is 314 g/mol. The largest absolute Gasteiger partial charge is 0.435 e. The molecule has 0 bridgehead atoms. The van der Waals surface area contributed by atoms with Crippen LogP contribution in [0.5, 0.6) is 5.75 Å². The number of carbonyl (C=O) groups excluding carboxylic acids is 1. The second-order valence-electron chi connectivity index (χ2n) is 4.13. The Hall–Kier alpha value is -2.47. The van der Waals surface area contributed by atoms with E-state index in [2.05, 4.69) is 15.3 Å². The van der Waals surface area contributed by atoms with E-state index in [1.165, 1.54) is 30.5 Å². The van der Waals surface area contributed by atoms with E-state index in [0.29, 0.717) is 16.1 Å². The lowest BCUT2D eigenvalue weighted by atomic mass is 10.2. The zero-order valence-corrected chi connectivity index (χ0v) is 11.9. The van der Waals surface area contributed by atoms with Gasteiger partial charge in [-0.3, -0.25) is 4.79 Å². The molecule has 4 nitrogen and oxygen atoms in total. The lowest BCUT2D eigenvalue weighted by molar-refractivity contribution is -0.0498. The van der Waals surface area contributed by atoms with Crippen LogP contribution in [0.4, 0.5) is 8.78 Å². The van der Waals surface area contributed by atoms with Crippen LogP contribution in [-0.2, 0) is 0 Å². The van der Waals surface area contributed by atoms with Crippen molar-refractivity contribution in [2.75, 3.05) is 0 Å². The monoisotopic (exact) mass is 324 g/mol. The van der Waals surface area contributed by atoms with Crippen LogP contribution in [-0.4, -0.2) is 18.7 Å². The summed E-state index contributed by atoms with van der Waals surface area (Å²) >= 11 is 5.89. The van der Waals surface area contributed by atoms with E-state index in [-0.39, 0.29) is 5.75 Å². The fourth-order valence-corrected chi connectivity index (χ4v) is 1.83. The molecule has 0 aliphatic heterocycles. The molecule has 0 saturated heterocycles. The molecule has 0 atom stereocenters. The van der Waals surface area contributed by atoms with Gasteiger partial charge in [0.15, 0.2) is 0 Å². The number of benzene rings is 2. The molecule has 1 amide bonds. The first-order valence-electron chi connectivity index (χ1n) is 6.19. The number of nitrogens with zero attached hydrogens (tertiary/aromatic N) is 1. The van der Waals surface area contributed by atoms with E-state index in [1.54, 1.807) is 24.3 Å². The predicted octanol–water partition coefficient (Wildman–Crippen LogP) is 3.71. The van der Waals surface area contributed by atoms with Gasteiger partial charge < -0.3 is 4.74 Å². The quantitative estimate of drug-likeness (QED) is 0.673. The van der Waals surface area contributed by atoms with Crippen LogP contribution in [0.15, 0.2) is 53.6 Å². The highest BCUT2D eigenvalue weighted by Gasteiger charge is 2.07. The summed E-state index contributed by atoms with van der Waals surface area (Å²) < 4.78 is 28.2. The second-order valence-corrected chi connectivity index (χ2v) is 4.53. The summed E-state index contributed by atoms with van der Waals surface area (Å²) in [6.45, 7) is -2.87. The topological polar surface area (TPSA) is 50.7 Å². The Labute approximate surface area is 130 Å². The minimum absolute atomic E-state index is 0.0484. The van der Waals surface area contributed by atoms with E-state index in [4.69, 9.17) is 11.6 Å². The Morgan fingerprint density at radius 3 is 2.50 bits per heavy atom. The molecule has 0 heterocycles. The lowest BCUT2D eigenvalue weighted by Crippen LogP contribution is -2.17. The Morgan fingerprint density at radius 2 is 1.86 bits per heavy atom. The Kier molecular flexibility index (Phi) is 5.43. The maximum atomic E-state index is 12.0. The maximum Gasteiger partial charge on any atom is 0.387 e. The van der Waals surface area contributed by atoms with E-state index in [9.17, 15) is 13.6 Å². The molecule has 0 aliphatic carbocycles. The number of nitrogens with one attached hydrogen (secondary N) is 1. The summed E-state index contributed by atoms with van der Waals surface area (Å²) in [7, 11) is 0. The number of carbonyl (C=O) groups is 1. The van der Waals surface area contributed by atoms with Crippen LogP contribution in [0, 0.1) is 0 Å². The van der Waals surface area contributed by atoms with Gasteiger partial charge in [-0.25, -0.2) is 5.43 Å². The molecule has 2 rings (SSSR count). The van der Waals surface area contributed by atoms with Crippen molar-refractivity contribution in [3.05, 3.63) is 64.7 Å². The van der Waals surface area contributed by atoms with E-state index < -0.39 is 12.5 Å². The highest BCUT2D eigenvalue weighted by atomic mass is 35.5. The summed E-state index contributed by atoms with van der Waals surface area (Å²) in [5.74, 6) is -0.397. The van der Waals surface area contributed by atoms with Crippen LogP contribution in [0.3, 0.4) is 0 Å². The zero-order valence-electron chi connectivity index (χ0n) is 11.2. The number of amides is 1. The Bertz CT molecular complexity index is 675. The number of ether oxygens (including phenoxy) is 1. The molecule has 0 saturated carbocycles. The molecule has 114 valence electrons. The summed E-state index contributed by atoms with van der Waals surface area (Å²) in [6, 6.07) is 12.4. The van der Waals surface area contributed by atoms with Crippen LogP contribution in [0.25, 0.3) is 0 Å². The SMILES string of the molecule is O=C(N/N=C\c1ccc(OC(F)F)cc1)c1ccccc1Cl. The third-order valence-corrected chi connectivity index (χ3v) is 2.93. The second kappa shape index (κ2) is 7.51. The lowest BCUT2D eigenvalue weighted by Gasteiger charge is -2.04. The van der Waals surface area contributed by atoms with Gasteiger partial charge in [0, 0.05) is 0 Å². The van der Waals surface area contributed by atoms with Crippen molar-refractivity contribution < 1.29 is 18.3 Å². The molecule has 1 N–H and O–H groups in total. The maximum absolute atomic E-state index is 12.0. The van der Waals surface area contributed by atoms with Crippen molar-refractivity contribution in [1.82, 2.24) is 5.43 Å². The van der Waals surface area contributed by atoms with E-state index >= 15 is 0 Å². The van der Waals surface area contributed by atoms with Crippen molar-refractivity contribution in [1.29, 1.82) is 0 Å². The summed E-state index contributed by atoms with van der Waals surface area (Å²) in [5, 5.41) is 4.10.